The van der Waals surface area contributed by atoms with Crippen LogP contribution in [0.3, 0.4) is 0 Å². The van der Waals surface area contributed by atoms with Gasteiger partial charge in [-0.05, 0) is 67.2 Å². The summed E-state index contributed by atoms with van der Waals surface area (Å²) in [6.45, 7) is 6.76. The minimum atomic E-state index is -0.197. The van der Waals surface area contributed by atoms with Gasteiger partial charge in [0.2, 0.25) is 0 Å². The Bertz CT molecular complexity index is 697. The van der Waals surface area contributed by atoms with Crippen molar-refractivity contribution in [2.75, 3.05) is 6.61 Å². The Morgan fingerprint density at radius 1 is 1.04 bits per heavy atom. The van der Waals surface area contributed by atoms with Gasteiger partial charge in [-0.2, -0.15) is 0 Å². The van der Waals surface area contributed by atoms with Crippen LogP contribution in [0, 0.1) is 11.7 Å². The average molecular weight is 338 g/mol. The van der Waals surface area contributed by atoms with E-state index in [4.69, 9.17) is 4.74 Å². The molecule has 0 saturated heterocycles. The van der Waals surface area contributed by atoms with Gasteiger partial charge in [-0.25, -0.2) is 4.39 Å². The van der Waals surface area contributed by atoms with Crippen molar-refractivity contribution in [1.29, 1.82) is 0 Å². The Morgan fingerprint density at radius 2 is 1.72 bits per heavy atom. The van der Waals surface area contributed by atoms with Gasteiger partial charge in [0.05, 0.1) is 6.61 Å². The summed E-state index contributed by atoms with van der Waals surface area (Å²) in [6.07, 6.45) is 7.04. The van der Waals surface area contributed by atoms with E-state index in [-0.39, 0.29) is 5.82 Å². The lowest BCUT2D eigenvalue weighted by atomic mass is 9.78. The van der Waals surface area contributed by atoms with Gasteiger partial charge < -0.3 is 4.74 Å². The Labute approximate surface area is 150 Å². The molecular formula is C23H27FO. The highest BCUT2D eigenvalue weighted by atomic mass is 19.1. The predicted octanol–water partition coefficient (Wildman–Crippen LogP) is 6.49. The third-order valence-corrected chi connectivity index (χ3v) is 5.34. The molecule has 0 radical (unpaired) electrons. The van der Waals surface area contributed by atoms with Crippen molar-refractivity contribution in [2.45, 2.75) is 45.1 Å². The maximum absolute atomic E-state index is 14.2. The van der Waals surface area contributed by atoms with E-state index >= 15 is 0 Å². The molecule has 1 nitrogen and oxygen atoms in total. The van der Waals surface area contributed by atoms with Crippen molar-refractivity contribution in [3.63, 3.8) is 0 Å². The highest BCUT2D eigenvalue weighted by Gasteiger charge is 2.20. The zero-order valence-electron chi connectivity index (χ0n) is 15.0. The van der Waals surface area contributed by atoms with E-state index in [1.807, 2.05) is 19.1 Å². The van der Waals surface area contributed by atoms with E-state index in [2.05, 4.69) is 36.9 Å². The van der Waals surface area contributed by atoms with Crippen LogP contribution in [-0.4, -0.2) is 6.61 Å². The fourth-order valence-electron chi connectivity index (χ4n) is 3.69. The zero-order valence-corrected chi connectivity index (χ0v) is 15.0. The van der Waals surface area contributed by atoms with Crippen LogP contribution in [0.2, 0.25) is 0 Å². The van der Waals surface area contributed by atoms with Crippen molar-refractivity contribution in [3.8, 4) is 11.1 Å². The topological polar surface area (TPSA) is 9.23 Å². The van der Waals surface area contributed by atoms with Crippen LogP contribution in [0.25, 0.3) is 11.1 Å². The summed E-state index contributed by atoms with van der Waals surface area (Å²) in [4.78, 5) is 0. The van der Waals surface area contributed by atoms with Crippen molar-refractivity contribution < 1.29 is 9.13 Å². The zero-order chi connectivity index (χ0) is 17.6. The Balaban J connectivity index is 1.70. The lowest BCUT2D eigenvalue weighted by Gasteiger charge is -2.27. The molecule has 0 aliphatic heterocycles. The number of benzene rings is 2. The summed E-state index contributed by atoms with van der Waals surface area (Å²) < 4.78 is 19.5. The van der Waals surface area contributed by atoms with E-state index in [9.17, 15) is 4.39 Å². The van der Waals surface area contributed by atoms with Gasteiger partial charge in [0, 0.05) is 12.2 Å². The SMILES string of the molecule is C=C[C@H]1CC[C@H](c2ccc(-c3ccc(COCC)c(F)c3)cc2)CC1. The number of hydrogen-bond donors (Lipinski definition) is 0. The molecule has 132 valence electrons. The Kier molecular flexibility index (Phi) is 6.04. The number of halogens is 1. The maximum Gasteiger partial charge on any atom is 0.129 e. The van der Waals surface area contributed by atoms with Crippen LogP contribution in [-0.2, 0) is 11.3 Å². The van der Waals surface area contributed by atoms with Gasteiger partial charge in [-0.1, -0.05) is 42.5 Å². The second-order valence-corrected chi connectivity index (χ2v) is 6.91. The summed E-state index contributed by atoms with van der Waals surface area (Å²) in [5, 5.41) is 0. The summed E-state index contributed by atoms with van der Waals surface area (Å²) in [6, 6.07) is 14.1. The number of rotatable bonds is 6. The maximum atomic E-state index is 14.2. The van der Waals surface area contributed by atoms with Gasteiger partial charge in [0.1, 0.15) is 5.82 Å². The van der Waals surface area contributed by atoms with E-state index in [1.165, 1.54) is 31.2 Å². The summed E-state index contributed by atoms with van der Waals surface area (Å²) in [5.41, 5.74) is 3.99. The highest BCUT2D eigenvalue weighted by Crippen LogP contribution is 2.36. The van der Waals surface area contributed by atoms with Crippen molar-refractivity contribution in [1.82, 2.24) is 0 Å². The van der Waals surface area contributed by atoms with Crippen LogP contribution < -0.4 is 0 Å². The molecule has 1 aliphatic carbocycles. The monoisotopic (exact) mass is 338 g/mol. The van der Waals surface area contributed by atoms with Crippen LogP contribution in [0.5, 0.6) is 0 Å². The molecule has 1 aliphatic rings. The van der Waals surface area contributed by atoms with E-state index in [0.29, 0.717) is 30.6 Å². The summed E-state index contributed by atoms with van der Waals surface area (Å²) >= 11 is 0. The number of hydrogen-bond acceptors (Lipinski definition) is 1. The minimum Gasteiger partial charge on any atom is -0.377 e. The first-order valence-electron chi connectivity index (χ1n) is 9.30. The molecule has 3 rings (SSSR count). The highest BCUT2D eigenvalue weighted by molar-refractivity contribution is 5.64. The lowest BCUT2D eigenvalue weighted by molar-refractivity contribution is 0.131. The molecule has 2 aromatic carbocycles. The van der Waals surface area contributed by atoms with Crippen LogP contribution in [0.1, 0.15) is 49.7 Å². The quantitative estimate of drug-likeness (QED) is 0.547. The molecule has 0 amide bonds. The van der Waals surface area contributed by atoms with Gasteiger partial charge in [0.15, 0.2) is 0 Å². The Morgan fingerprint density at radius 3 is 2.32 bits per heavy atom. The second kappa shape index (κ2) is 8.44. The first kappa shape index (κ1) is 17.9. The third kappa shape index (κ3) is 4.38. The van der Waals surface area contributed by atoms with Crippen LogP contribution in [0.4, 0.5) is 4.39 Å². The molecule has 0 bridgehead atoms. The standard InChI is InChI=1S/C23H27FO/c1-3-17-5-7-18(8-6-17)19-9-11-20(12-10-19)21-13-14-22(16-25-4-2)23(24)15-21/h3,9-15,17-18H,1,4-8,16H2,2H3/t17-,18-. The lowest BCUT2D eigenvalue weighted by Crippen LogP contribution is -2.11. The first-order valence-corrected chi connectivity index (χ1v) is 9.30. The normalized spacial score (nSPS) is 20.4. The molecule has 1 saturated carbocycles. The summed E-state index contributed by atoms with van der Waals surface area (Å²) in [7, 11) is 0. The molecule has 0 atom stereocenters. The van der Waals surface area contributed by atoms with E-state index in [0.717, 1.165) is 11.1 Å². The van der Waals surface area contributed by atoms with Gasteiger partial charge >= 0.3 is 0 Å². The molecule has 2 heteroatoms. The first-order chi connectivity index (χ1) is 12.2. The molecule has 0 N–H and O–H groups in total. The fourth-order valence-corrected chi connectivity index (χ4v) is 3.69. The number of allylic oxidation sites excluding steroid dienone is 1. The van der Waals surface area contributed by atoms with Crippen LogP contribution in [0.15, 0.2) is 55.1 Å². The van der Waals surface area contributed by atoms with Gasteiger partial charge in [0.25, 0.3) is 0 Å². The second-order valence-electron chi connectivity index (χ2n) is 6.91. The minimum absolute atomic E-state index is 0.197. The van der Waals surface area contributed by atoms with Crippen molar-refractivity contribution >= 4 is 0 Å². The molecule has 1 fully saturated rings. The molecule has 0 spiro atoms. The predicted molar refractivity (Wildman–Crippen MR) is 102 cm³/mol. The van der Waals surface area contributed by atoms with E-state index in [1.54, 1.807) is 6.07 Å². The fraction of sp³-hybridized carbons (Fsp3) is 0.391. The molecule has 2 aromatic rings. The van der Waals surface area contributed by atoms with Gasteiger partial charge in [-0.15, -0.1) is 6.58 Å². The average Bonchev–Trinajstić information content (AvgIpc) is 2.67. The molecule has 0 unspecified atom stereocenters. The number of ether oxygens (including phenoxy) is 1. The van der Waals surface area contributed by atoms with Crippen LogP contribution >= 0.6 is 0 Å². The Hall–Kier alpha value is -1.93. The summed E-state index contributed by atoms with van der Waals surface area (Å²) in [5.74, 6) is 1.14. The molecular weight excluding hydrogens is 311 g/mol. The third-order valence-electron chi connectivity index (χ3n) is 5.34. The van der Waals surface area contributed by atoms with Gasteiger partial charge in [-0.3, -0.25) is 0 Å². The molecule has 25 heavy (non-hydrogen) atoms. The smallest absolute Gasteiger partial charge is 0.129 e. The van der Waals surface area contributed by atoms with Crippen molar-refractivity contribution in [3.05, 3.63) is 72.1 Å². The largest absolute Gasteiger partial charge is 0.377 e. The molecule has 0 heterocycles. The van der Waals surface area contributed by atoms with Crippen molar-refractivity contribution in [2.24, 2.45) is 5.92 Å². The van der Waals surface area contributed by atoms with E-state index < -0.39 is 0 Å². The molecule has 0 aromatic heterocycles.